The van der Waals surface area contributed by atoms with E-state index in [1.54, 1.807) is 18.4 Å². The van der Waals surface area contributed by atoms with Gasteiger partial charge in [0.05, 0.1) is 12.3 Å². The van der Waals surface area contributed by atoms with Crippen molar-refractivity contribution < 1.29 is 8.81 Å². The molecule has 1 unspecified atom stereocenters. The Morgan fingerprint density at radius 3 is 2.55 bits per heavy atom. The van der Waals surface area contributed by atoms with E-state index in [1.807, 2.05) is 24.3 Å². The first kappa shape index (κ1) is 15.3. The van der Waals surface area contributed by atoms with Crippen LogP contribution in [0, 0.1) is 5.82 Å². The van der Waals surface area contributed by atoms with E-state index in [9.17, 15) is 4.39 Å². The van der Waals surface area contributed by atoms with Crippen LogP contribution >= 0.6 is 0 Å². The van der Waals surface area contributed by atoms with Crippen molar-refractivity contribution in [1.29, 1.82) is 0 Å². The van der Waals surface area contributed by atoms with Gasteiger partial charge in [0.2, 0.25) is 0 Å². The molecule has 0 bridgehead atoms. The first-order valence-corrected chi connectivity index (χ1v) is 7.82. The van der Waals surface area contributed by atoms with Crippen LogP contribution in [0.25, 0.3) is 0 Å². The molecule has 0 aliphatic heterocycles. The third kappa shape index (κ3) is 3.39. The Hall–Kier alpha value is -1.65. The highest BCUT2D eigenvalue weighted by Crippen LogP contribution is 2.37. The van der Waals surface area contributed by atoms with Crippen LogP contribution in [-0.2, 0) is 0 Å². The van der Waals surface area contributed by atoms with Gasteiger partial charge in [-0.15, -0.1) is 0 Å². The largest absolute Gasteiger partial charge is 0.468 e. The zero-order chi connectivity index (χ0) is 15.5. The Bertz CT molecular complexity index is 574. The van der Waals surface area contributed by atoms with Crippen LogP contribution in [0.15, 0.2) is 47.1 Å². The Morgan fingerprint density at radius 2 is 1.95 bits per heavy atom. The molecule has 1 N–H and O–H groups in total. The van der Waals surface area contributed by atoms with Crippen LogP contribution in [0.2, 0.25) is 0 Å². The molecule has 3 rings (SSSR count). The number of rotatable bonds is 6. The second-order valence-corrected chi connectivity index (χ2v) is 6.32. The van der Waals surface area contributed by atoms with Gasteiger partial charge in [0.25, 0.3) is 0 Å². The summed E-state index contributed by atoms with van der Waals surface area (Å²) in [5, 5.41) is 3.62. The number of nitrogens with zero attached hydrogens (tertiary/aromatic N) is 1. The van der Waals surface area contributed by atoms with Crippen LogP contribution in [0.5, 0.6) is 0 Å². The van der Waals surface area contributed by atoms with E-state index in [0.717, 1.165) is 25.1 Å². The van der Waals surface area contributed by atoms with Crippen molar-refractivity contribution in [1.82, 2.24) is 10.2 Å². The van der Waals surface area contributed by atoms with Crippen LogP contribution in [-0.4, -0.2) is 31.6 Å². The molecular formula is C18H23FN2O. The van der Waals surface area contributed by atoms with Crippen molar-refractivity contribution in [2.24, 2.45) is 0 Å². The van der Waals surface area contributed by atoms with Crippen molar-refractivity contribution in [3.05, 3.63) is 59.8 Å². The molecule has 22 heavy (non-hydrogen) atoms. The molecule has 1 aliphatic rings. The van der Waals surface area contributed by atoms with Crippen LogP contribution in [0.4, 0.5) is 4.39 Å². The molecule has 1 aliphatic carbocycles. The molecule has 1 heterocycles. The number of halogens is 1. The number of nitrogens with one attached hydrogen (secondary N) is 1. The maximum Gasteiger partial charge on any atom is 0.123 e. The molecule has 118 valence electrons. The maximum absolute atomic E-state index is 12.9. The van der Waals surface area contributed by atoms with E-state index in [0.29, 0.717) is 12.0 Å². The molecule has 1 aromatic carbocycles. The summed E-state index contributed by atoms with van der Waals surface area (Å²) >= 11 is 0. The Kier molecular flexibility index (Phi) is 4.60. The van der Waals surface area contributed by atoms with E-state index in [-0.39, 0.29) is 11.9 Å². The van der Waals surface area contributed by atoms with E-state index < -0.39 is 0 Å². The molecule has 1 aromatic heterocycles. The smallest absolute Gasteiger partial charge is 0.123 e. The van der Waals surface area contributed by atoms with E-state index in [1.165, 1.54) is 5.56 Å². The predicted molar refractivity (Wildman–Crippen MR) is 85.3 cm³/mol. The zero-order valence-electron chi connectivity index (χ0n) is 13.1. The highest BCUT2D eigenvalue weighted by Gasteiger charge is 2.31. The minimum atomic E-state index is -0.162. The Morgan fingerprint density at radius 1 is 1.23 bits per heavy atom. The van der Waals surface area contributed by atoms with Crippen molar-refractivity contribution in [3.8, 4) is 0 Å². The third-order valence-corrected chi connectivity index (χ3v) is 4.57. The lowest BCUT2D eigenvalue weighted by molar-refractivity contribution is 0.216. The lowest BCUT2D eigenvalue weighted by Gasteiger charge is -2.37. The molecule has 1 atom stereocenters. The van der Waals surface area contributed by atoms with Crippen molar-refractivity contribution in [2.75, 3.05) is 20.6 Å². The highest BCUT2D eigenvalue weighted by atomic mass is 19.1. The molecule has 1 saturated carbocycles. The molecule has 0 amide bonds. The summed E-state index contributed by atoms with van der Waals surface area (Å²) in [7, 11) is 4.13. The van der Waals surface area contributed by atoms with Gasteiger partial charge in [-0.05, 0) is 62.7 Å². The standard InChI is InChI=1S/C18H23FN2O/c1-21(2)17(18-4-3-9-22-18)12-20-16-10-14(11-16)13-5-7-15(19)8-6-13/h3-9,14,16-17,20H,10-12H2,1-2H3. The highest BCUT2D eigenvalue weighted by molar-refractivity contribution is 5.23. The molecule has 2 aromatic rings. The first-order chi connectivity index (χ1) is 10.6. The van der Waals surface area contributed by atoms with Crippen LogP contribution < -0.4 is 5.32 Å². The van der Waals surface area contributed by atoms with E-state index in [2.05, 4.69) is 24.3 Å². The summed E-state index contributed by atoms with van der Waals surface area (Å²) in [4.78, 5) is 2.17. The SMILES string of the molecule is CN(C)C(CNC1CC(c2ccc(F)cc2)C1)c1ccco1. The lowest BCUT2D eigenvalue weighted by atomic mass is 9.76. The summed E-state index contributed by atoms with van der Waals surface area (Å²) in [6.45, 7) is 0.876. The van der Waals surface area contributed by atoms with E-state index in [4.69, 9.17) is 4.42 Å². The minimum absolute atomic E-state index is 0.162. The summed E-state index contributed by atoms with van der Waals surface area (Å²) in [5.41, 5.74) is 1.25. The fourth-order valence-electron chi connectivity index (χ4n) is 3.09. The summed E-state index contributed by atoms with van der Waals surface area (Å²) in [6, 6.07) is 11.6. The fraction of sp³-hybridized carbons (Fsp3) is 0.444. The van der Waals surface area contributed by atoms with Gasteiger partial charge >= 0.3 is 0 Å². The van der Waals surface area contributed by atoms with Crippen molar-refractivity contribution >= 4 is 0 Å². The summed E-state index contributed by atoms with van der Waals surface area (Å²) < 4.78 is 18.5. The minimum Gasteiger partial charge on any atom is -0.468 e. The molecule has 0 saturated heterocycles. The molecule has 4 heteroatoms. The first-order valence-electron chi connectivity index (χ1n) is 7.82. The average molecular weight is 302 g/mol. The van der Waals surface area contributed by atoms with Gasteiger partial charge in [0.15, 0.2) is 0 Å². The van der Waals surface area contributed by atoms with Crippen LogP contribution in [0.3, 0.4) is 0 Å². The quantitative estimate of drug-likeness (QED) is 0.884. The number of benzene rings is 1. The topological polar surface area (TPSA) is 28.4 Å². The predicted octanol–water partition coefficient (Wildman–Crippen LogP) is 3.56. The van der Waals surface area contributed by atoms with Gasteiger partial charge < -0.3 is 9.73 Å². The number of furan rings is 1. The second-order valence-electron chi connectivity index (χ2n) is 6.32. The molecule has 0 spiro atoms. The van der Waals surface area contributed by atoms with Gasteiger partial charge in [-0.25, -0.2) is 4.39 Å². The molecule has 0 radical (unpaired) electrons. The molecular weight excluding hydrogens is 279 g/mol. The third-order valence-electron chi connectivity index (χ3n) is 4.57. The van der Waals surface area contributed by atoms with Crippen molar-refractivity contribution in [2.45, 2.75) is 30.8 Å². The van der Waals surface area contributed by atoms with Gasteiger partial charge in [0, 0.05) is 12.6 Å². The lowest BCUT2D eigenvalue weighted by Crippen LogP contribution is -2.43. The van der Waals surface area contributed by atoms with Crippen LogP contribution in [0.1, 0.15) is 36.1 Å². The zero-order valence-corrected chi connectivity index (χ0v) is 13.1. The maximum atomic E-state index is 12.9. The van der Waals surface area contributed by atoms with Gasteiger partial charge in [-0.2, -0.15) is 0 Å². The summed E-state index contributed by atoms with van der Waals surface area (Å²) in [6.07, 6.45) is 3.95. The van der Waals surface area contributed by atoms with Gasteiger partial charge in [0.1, 0.15) is 11.6 Å². The second kappa shape index (κ2) is 6.63. The monoisotopic (exact) mass is 302 g/mol. The van der Waals surface area contributed by atoms with Crippen molar-refractivity contribution in [3.63, 3.8) is 0 Å². The fourth-order valence-corrected chi connectivity index (χ4v) is 3.09. The number of likely N-dealkylation sites (N-methyl/N-ethyl adjacent to an activating group) is 1. The van der Waals surface area contributed by atoms with E-state index >= 15 is 0 Å². The summed E-state index contributed by atoms with van der Waals surface area (Å²) in [5.74, 6) is 1.39. The molecule has 3 nitrogen and oxygen atoms in total. The Labute approximate surface area is 131 Å². The number of hydrogen-bond acceptors (Lipinski definition) is 3. The molecule has 1 fully saturated rings. The average Bonchev–Trinajstić information content (AvgIpc) is 2.96. The number of hydrogen-bond donors (Lipinski definition) is 1. The van der Waals surface area contributed by atoms with Gasteiger partial charge in [-0.3, -0.25) is 4.90 Å². The van der Waals surface area contributed by atoms with Gasteiger partial charge in [-0.1, -0.05) is 12.1 Å². The normalized spacial score (nSPS) is 22.5. The Balaban J connectivity index is 1.48.